The van der Waals surface area contributed by atoms with Crippen molar-refractivity contribution in [2.45, 2.75) is 41.9 Å². The van der Waals surface area contributed by atoms with Crippen LogP contribution in [-0.2, 0) is 27.7 Å². The molecule has 2 aliphatic rings. The van der Waals surface area contributed by atoms with Crippen LogP contribution in [0.15, 0.2) is 52.3 Å². The Morgan fingerprint density at radius 1 is 1.06 bits per heavy atom. The van der Waals surface area contributed by atoms with Gasteiger partial charge in [-0.2, -0.15) is 4.31 Å². The van der Waals surface area contributed by atoms with Crippen LogP contribution in [0.1, 0.15) is 30.4 Å². The SMILES string of the molecule is O=C(NCCSc1ccc(Cl)cc1)C1CCN(S(=O)(=O)c2ccc3c(c2)CCC3)CC1. The van der Waals surface area contributed by atoms with Crippen LogP contribution in [0.2, 0.25) is 5.02 Å². The van der Waals surface area contributed by atoms with Gasteiger partial charge in [0.1, 0.15) is 0 Å². The summed E-state index contributed by atoms with van der Waals surface area (Å²) in [5.41, 5.74) is 2.43. The summed E-state index contributed by atoms with van der Waals surface area (Å²) in [7, 11) is -3.50. The third kappa shape index (κ3) is 5.45. The Kier molecular flexibility index (Phi) is 7.26. The highest BCUT2D eigenvalue weighted by atomic mass is 35.5. The van der Waals surface area contributed by atoms with Gasteiger partial charge in [-0.3, -0.25) is 4.79 Å². The van der Waals surface area contributed by atoms with Gasteiger partial charge in [-0.05, 0) is 79.6 Å². The monoisotopic (exact) mass is 478 g/mol. The molecule has 1 aliphatic heterocycles. The average molecular weight is 479 g/mol. The number of fused-ring (bicyclic) bond motifs is 1. The summed E-state index contributed by atoms with van der Waals surface area (Å²) in [5, 5.41) is 3.70. The van der Waals surface area contributed by atoms with E-state index >= 15 is 0 Å². The minimum absolute atomic E-state index is 0.0197. The molecule has 31 heavy (non-hydrogen) atoms. The van der Waals surface area contributed by atoms with E-state index < -0.39 is 10.0 Å². The number of aryl methyl sites for hydroxylation is 2. The van der Waals surface area contributed by atoms with Crippen LogP contribution in [0.4, 0.5) is 0 Å². The number of hydrogen-bond donors (Lipinski definition) is 1. The molecule has 2 aromatic rings. The Hall–Kier alpha value is -1.54. The fourth-order valence-electron chi connectivity index (χ4n) is 4.23. The van der Waals surface area contributed by atoms with Gasteiger partial charge < -0.3 is 5.32 Å². The van der Waals surface area contributed by atoms with E-state index in [1.54, 1.807) is 17.8 Å². The van der Waals surface area contributed by atoms with Crippen LogP contribution in [-0.4, -0.2) is 44.0 Å². The average Bonchev–Trinajstić information content (AvgIpc) is 3.26. The van der Waals surface area contributed by atoms with Crippen molar-refractivity contribution in [1.82, 2.24) is 9.62 Å². The molecule has 1 aliphatic carbocycles. The second-order valence-corrected chi connectivity index (χ2v) is 11.6. The smallest absolute Gasteiger partial charge is 0.243 e. The van der Waals surface area contributed by atoms with Crippen molar-refractivity contribution >= 4 is 39.3 Å². The zero-order valence-electron chi connectivity index (χ0n) is 17.3. The van der Waals surface area contributed by atoms with E-state index in [1.165, 1.54) is 9.87 Å². The first-order chi connectivity index (χ1) is 14.9. The minimum Gasteiger partial charge on any atom is -0.355 e. The van der Waals surface area contributed by atoms with Crippen LogP contribution in [0, 0.1) is 5.92 Å². The van der Waals surface area contributed by atoms with Crippen LogP contribution in [0.5, 0.6) is 0 Å². The number of amides is 1. The van der Waals surface area contributed by atoms with Crippen molar-refractivity contribution in [1.29, 1.82) is 0 Å². The number of sulfonamides is 1. The maximum Gasteiger partial charge on any atom is 0.243 e. The predicted molar refractivity (Wildman–Crippen MR) is 125 cm³/mol. The number of thioether (sulfide) groups is 1. The lowest BCUT2D eigenvalue weighted by molar-refractivity contribution is -0.125. The molecule has 0 atom stereocenters. The van der Waals surface area contributed by atoms with Gasteiger partial charge in [0, 0.05) is 41.2 Å². The second-order valence-electron chi connectivity index (χ2n) is 8.06. The first-order valence-corrected chi connectivity index (χ1v) is 13.5. The quantitative estimate of drug-likeness (QED) is 0.479. The van der Waals surface area contributed by atoms with Gasteiger partial charge in [-0.15, -0.1) is 11.8 Å². The minimum atomic E-state index is -3.50. The largest absolute Gasteiger partial charge is 0.355 e. The molecule has 5 nitrogen and oxygen atoms in total. The highest BCUT2D eigenvalue weighted by molar-refractivity contribution is 7.99. The van der Waals surface area contributed by atoms with Crippen LogP contribution >= 0.6 is 23.4 Å². The molecule has 0 bridgehead atoms. The molecule has 166 valence electrons. The zero-order valence-corrected chi connectivity index (χ0v) is 19.7. The number of carbonyl (C=O) groups is 1. The van der Waals surface area contributed by atoms with Crippen LogP contribution < -0.4 is 5.32 Å². The summed E-state index contributed by atoms with van der Waals surface area (Å²) < 4.78 is 27.6. The summed E-state index contributed by atoms with van der Waals surface area (Å²) >= 11 is 7.56. The number of hydrogen-bond acceptors (Lipinski definition) is 4. The second kappa shape index (κ2) is 9.94. The highest BCUT2D eigenvalue weighted by Crippen LogP contribution is 2.28. The Morgan fingerprint density at radius 3 is 2.52 bits per heavy atom. The standard InChI is InChI=1S/C23H27ClN2O3S2/c24-20-5-7-21(8-6-20)30-15-12-25-23(27)18-10-13-26(14-11-18)31(28,29)22-9-4-17-2-1-3-19(17)16-22/h4-9,16,18H,1-3,10-15H2,(H,25,27). The van der Waals surface area contributed by atoms with Gasteiger partial charge in [0.25, 0.3) is 0 Å². The molecule has 1 N–H and O–H groups in total. The number of carbonyl (C=O) groups excluding carboxylic acids is 1. The molecule has 1 fully saturated rings. The van der Waals surface area contributed by atoms with E-state index in [-0.39, 0.29) is 11.8 Å². The van der Waals surface area contributed by atoms with Gasteiger partial charge in [0.15, 0.2) is 0 Å². The van der Waals surface area contributed by atoms with E-state index in [4.69, 9.17) is 11.6 Å². The summed E-state index contributed by atoms with van der Waals surface area (Å²) in [5.74, 6) is 0.664. The number of nitrogens with one attached hydrogen (secondary N) is 1. The first kappa shape index (κ1) is 22.6. The Balaban J connectivity index is 1.24. The van der Waals surface area contributed by atoms with Crippen molar-refractivity contribution in [3.05, 3.63) is 58.6 Å². The van der Waals surface area contributed by atoms with E-state index in [0.717, 1.165) is 35.5 Å². The number of rotatable bonds is 7. The van der Waals surface area contributed by atoms with Gasteiger partial charge >= 0.3 is 0 Å². The number of halogens is 1. The van der Waals surface area contributed by atoms with E-state index in [9.17, 15) is 13.2 Å². The third-order valence-corrected chi connectivity index (χ3v) is 9.18. The number of benzene rings is 2. The number of nitrogens with zero attached hydrogens (tertiary/aromatic N) is 1. The number of piperidine rings is 1. The topological polar surface area (TPSA) is 66.5 Å². The van der Waals surface area contributed by atoms with E-state index in [2.05, 4.69) is 5.32 Å². The van der Waals surface area contributed by atoms with Gasteiger partial charge in [-0.1, -0.05) is 17.7 Å². The first-order valence-electron chi connectivity index (χ1n) is 10.7. The summed E-state index contributed by atoms with van der Waals surface area (Å²) in [6, 6.07) is 13.2. The Labute approximate surface area is 193 Å². The van der Waals surface area contributed by atoms with Gasteiger partial charge in [0.05, 0.1) is 4.90 Å². The third-order valence-electron chi connectivity index (χ3n) is 6.02. The van der Waals surface area contributed by atoms with Gasteiger partial charge in [0.2, 0.25) is 15.9 Å². The normalized spacial score (nSPS) is 17.5. The van der Waals surface area contributed by atoms with Crippen LogP contribution in [0.25, 0.3) is 0 Å². The molecule has 2 aromatic carbocycles. The fraction of sp³-hybridized carbons (Fsp3) is 0.435. The maximum atomic E-state index is 13.0. The molecule has 1 amide bonds. The lowest BCUT2D eigenvalue weighted by atomic mass is 9.97. The molecular formula is C23H27ClN2O3S2. The molecule has 0 spiro atoms. The predicted octanol–water partition coefficient (Wildman–Crippen LogP) is 4.14. The van der Waals surface area contributed by atoms with Crippen molar-refractivity contribution in [3.8, 4) is 0 Å². The van der Waals surface area contributed by atoms with Gasteiger partial charge in [-0.25, -0.2) is 8.42 Å². The Bertz CT molecular complexity index is 1030. The van der Waals surface area contributed by atoms with Crippen molar-refractivity contribution in [2.75, 3.05) is 25.4 Å². The molecule has 0 radical (unpaired) electrons. The zero-order chi connectivity index (χ0) is 21.8. The van der Waals surface area contributed by atoms with Crippen molar-refractivity contribution in [2.24, 2.45) is 5.92 Å². The fourth-order valence-corrected chi connectivity index (χ4v) is 6.65. The summed E-state index contributed by atoms with van der Waals surface area (Å²) in [6.45, 7) is 1.35. The van der Waals surface area contributed by atoms with Crippen molar-refractivity contribution in [3.63, 3.8) is 0 Å². The van der Waals surface area contributed by atoms with Crippen molar-refractivity contribution < 1.29 is 13.2 Å². The lowest BCUT2D eigenvalue weighted by Gasteiger charge is -2.30. The van der Waals surface area contributed by atoms with Crippen LogP contribution in [0.3, 0.4) is 0 Å². The molecule has 0 aromatic heterocycles. The summed E-state index contributed by atoms with van der Waals surface area (Å²) in [4.78, 5) is 14.0. The maximum absolute atomic E-state index is 13.0. The molecule has 8 heteroatoms. The van der Waals surface area contributed by atoms with E-state index in [0.29, 0.717) is 42.4 Å². The molecule has 0 unspecified atom stereocenters. The van der Waals surface area contributed by atoms with E-state index in [1.807, 2.05) is 36.4 Å². The molecule has 1 heterocycles. The highest BCUT2D eigenvalue weighted by Gasteiger charge is 2.32. The molecule has 1 saturated heterocycles. The molecular weight excluding hydrogens is 452 g/mol. The Morgan fingerprint density at radius 2 is 1.77 bits per heavy atom. The lowest BCUT2D eigenvalue weighted by Crippen LogP contribution is -2.43. The molecule has 0 saturated carbocycles. The summed E-state index contributed by atoms with van der Waals surface area (Å²) in [6.07, 6.45) is 4.20. The molecule has 4 rings (SSSR count).